The van der Waals surface area contributed by atoms with Crippen molar-refractivity contribution in [2.24, 2.45) is 52.3 Å². The maximum absolute atomic E-state index is 11.9. The molecule has 4 aliphatic carbocycles. The van der Waals surface area contributed by atoms with Gasteiger partial charge in [0.2, 0.25) is 0 Å². The van der Waals surface area contributed by atoms with E-state index in [9.17, 15) is 20.1 Å². The second kappa shape index (κ2) is 10.2. The van der Waals surface area contributed by atoms with Gasteiger partial charge >= 0.3 is 5.97 Å². The Bertz CT molecular complexity index is 1020. The highest BCUT2D eigenvalue weighted by Gasteiger charge is 2.64. The van der Waals surface area contributed by atoms with E-state index in [2.05, 4.69) is 33.8 Å². The highest BCUT2D eigenvalue weighted by molar-refractivity contribution is 5.92. The Hall–Kier alpha value is -1.65. The minimum atomic E-state index is -0.879. The highest BCUT2D eigenvalue weighted by Crippen LogP contribution is 2.69. The molecule has 0 aliphatic heterocycles. The van der Waals surface area contributed by atoms with Crippen molar-refractivity contribution in [2.75, 3.05) is 0 Å². The lowest BCUT2D eigenvalue weighted by Crippen LogP contribution is -2.62. The number of aliphatic hydroxyl groups is 2. The van der Waals surface area contributed by atoms with Crippen molar-refractivity contribution < 1.29 is 20.1 Å². The predicted molar refractivity (Wildman–Crippen MR) is 148 cm³/mol. The number of hydrogen-bond donors (Lipinski definition) is 3. The first-order chi connectivity index (χ1) is 17.6. The van der Waals surface area contributed by atoms with Crippen molar-refractivity contribution in [3.63, 3.8) is 0 Å². The van der Waals surface area contributed by atoms with Gasteiger partial charge in [-0.2, -0.15) is 0 Å². The van der Waals surface area contributed by atoms with E-state index in [0.29, 0.717) is 47.0 Å². The van der Waals surface area contributed by atoms with E-state index in [-0.39, 0.29) is 23.0 Å². The minimum absolute atomic E-state index is 0.197. The van der Waals surface area contributed by atoms with Crippen LogP contribution in [0.15, 0.2) is 30.3 Å². The Kier molecular flexibility index (Phi) is 7.39. The van der Waals surface area contributed by atoms with Gasteiger partial charge in [-0.25, -0.2) is 4.79 Å². The zero-order valence-electron chi connectivity index (χ0n) is 23.3. The molecule has 0 heterocycles. The Morgan fingerprint density at radius 3 is 2.46 bits per heavy atom. The van der Waals surface area contributed by atoms with Crippen LogP contribution >= 0.6 is 0 Å². The fourth-order valence-electron chi connectivity index (χ4n) is 10.3. The lowest BCUT2D eigenvalue weighted by Gasteiger charge is -2.64. The molecule has 3 N–H and O–H groups in total. The smallest absolute Gasteiger partial charge is 0.336 e. The number of rotatable bonds is 6. The Morgan fingerprint density at radius 2 is 1.73 bits per heavy atom. The number of carbonyl (C=O) groups is 1. The summed E-state index contributed by atoms with van der Waals surface area (Å²) in [5.41, 5.74) is 1.63. The van der Waals surface area contributed by atoms with Crippen LogP contribution in [0, 0.1) is 52.3 Å². The molecule has 5 rings (SSSR count). The van der Waals surface area contributed by atoms with Crippen molar-refractivity contribution in [1.29, 1.82) is 0 Å². The summed E-state index contributed by atoms with van der Waals surface area (Å²) in [5, 5.41) is 31.9. The number of carboxylic acids is 1. The van der Waals surface area contributed by atoms with Gasteiger partial charge in [0.05, 0.1) is 17.8 Å². The molecule has 4 saturated carbocycles. The Morgan fingerprint density at radius 1 is 1.03 bits per heavy atom. The summed E-state index contributed by atoms with van der Waals surface area (Å²) in [6, 6.07) is 7.23. The van der Waals surface area contributed by atoms with Crippen LogP contribution in [0.25, 0.3) is 6.08 Å². The molecule has 4 fully saturated rings. The third-order valence-electron chi connectivity index (χ3n) is 12.1. The molecular weight excluding hydrogens is 460 g/mol. The molecule has 4 aliphatic rings. The molecule has 0 amide bonds. The van der Waals surface area contributed by atoms with Gasteiger partial charge in [-0.15, -0.1) is 0 Å². The quantitative estimate of drug-likeness (QED) is 0.385. The van der Waals surface area contributed by atoms with Crippen LogP contribution < -0.4 is 0 Å². The van der Waals surface area contributed by atoms with Gasteiger partial charge < -0.3 is 15.3 Å². The Balaban J connectivity index is 1.34. The minimum Gasteiger partial charge on any atom is -0.478 e. The summed E-state index contributed by atoms with van der Waals surface area (Å²) in [5.74, 6) is 2.55. The second-order valence-electron chi connectivity index (χ2n) is 13.6. The second-order valence-corrected chi connectivity index (χ2v) is 13.6. The van der Waals surface area contributed by atoms with E-state index in [1.165, 1.54) is 25.7 Å². The van der Waals surface area contributed by atoms with Gasteiger partial charge in [-0.05, 0) is 115 Å². The number of allylic oxidation sites excluding steroid dienone is 1. The van der Waals surface area contributed by atoms with Crippen LogP contribution in [0.5, 0.6) is 0 Å². The summed E-state index contributed by atoms with van der Waals surface area (Å²) in [7, 11) is 0. The third kappa shape index (κ3) is 4.40. The highest BCUT2D eigenvalue weighted by atomic mass is 16.4. The lowest BCUT2D eigenvalue weighted by molar-refractivity contribution is -0.203. The molecule has 37 heavy (non-hydrogen) atoms. The molecule has 204 valence electrons. The zero-order chi connectivity index (χ0) is 26.5. The maximum Gasteiger partial charge on any atom is 0.336 e. The van der Waals surface area contributed by atoms with Crippen LogP contribution in [0.2, 0.25) is 0 Å². The van der Waals surface area contributed by atoms with Gasteiger partial charge in [0.15, 0.2) is 0 Å². The van der Waals surface area contributed by atoms with E-state index < -0.39 is 5.97 Å². The average molecular weight is 509 g/mol. The first-order valence-corrected chi connectivity index (χ1v) is 15.0. The molecule has 0 bridgehead atoms. The zero-order valence-corrected chi connectivity index (χ0v) is 23.3. The molecule has 0 spiro atoms. The fraction of sp³-hybridized carbons (Fsp3) is 0.727. The Labute approximate surface area is 223 Å². The number of benzene rings is 1. The normalized spacial score (nSPS) is 44.2. The summed E-state index contributed by atoms with van der Waals surface area (Å²) in [6.07, 6.45) is 13.5. The summed E-state index contributed by atoms with van der Waals surface area (Å²) >= 11 is 0. The number of fused-ring (bicyclic) bond motifs is 5. The monoisotopic (exact) mass is 508 g/mol. The molecule has 3 unspecified atom stereocenters. The average Bonchev–Trinajstić information content (AvgIpc) is 3.22. The molecular formula is C33H48O4. The van der Waals surface area contributed by atoms with E-state index in [1.807, 2.05) is 18.2 Å². The predicted octanol–water partition coefficient (Wildman–Crippen LogP) is 7.05. The van der Waals surface area contributed by atoms with Crippen molar-refractivity contribution in [3.05, 3.63) is 41.5 Å². The van der Waals surface area contributed by atoms with Crippen molar-refractivity contribution in [3.8, 4) is 0 Å². The van der Waals surface area contributed by atoms with Crippen molar-refractivity contribution >= 4 is 12.0 Å². The number of aromatic carboxylic acids is 1. The van der Waals surface area contributed by atoms with Crippen LogP contribution in [-0.2, 0) is 0 Å². The van der Waals surface area contributed by atoms with Crippen LogP contribution in [0.1, 0.15) is 101 Å². The van der Waals surface area contributed by atoms with E-state index >= 15 is 0 Å². The molecule has 4 nitrogen and oxygen atoms in total. The third-order valence-corrected chi connectivity index (χ3v) is 12.1. The van der Waals surface area contributed by atoms with Gasteiger partial charge in [0.25, 0.3) is 0 Å². The first kappa shape index (κ1) is 26.9. The SMILES string of the molecule is CC[C@@H]1C2C[C@H](O)CC[C@]2(C)[C@H]2CCC3(C)[C@@H]([C@H](C)C/C=C/c4ccccc4C(=O)O)CC[C@H]3C2[C@@H]1O. The van der Waals surface area contributed by atoms with Gasteiger partial charge in [0, 0.05) is 0 Å². The maximum atomic E-state index is 11.9. The fourth-order valence-corrected chi connectivity index (χ4v) is 10.3. The van der Waals surface area contributed by atoms with E-state index in [4.69, 9.17) is 0 Å². The summed E-state index contributed by atoms with van der Waals surface area (Å²) < 4.78 is 0. The van der Waals surface area contributed by atoms with Gasteiger partial charge in [0.1, 0.15) is 0 Å². The van der Waals surface area contributed by atoms with Crippen molar-refractivity contribution in [1.82, 2.24) is 0 Å². The molecule has 1 aromatic rings. The summed E-state index contributed by atoms with van der Waals surface area (Å²) in [6.45, 7) is 9.65. The molecule has 0 radical (unpaired) electrons. The molecule has 11 atom stereocenters. The number of hydrogen-bond acceptors (Lipinski definition) is 3. The first-order valence-electron chi connectivity index (χ1n) is 15.0. The summed E-state index contributed by atoms with van der Waals surface area (Å²) in [4.78, 5) is 11.6. The van der Waals surface area contributed by atoms with Crippen LogP contribution in [0.3, 0.4) is 0 Å². The molecule has 1 aromatic carbocycles. The standard InChI is InChI=1S/C33H48O4/c1-5-23-28-19-22(34)15-17-33(28,4)27-16-18-32(3)25(13-14-26(32)29(27)30(23)35)20(2)9-8-11-21-10-6-7-12-24(21)31(36)37/h6-8,10-12,20,22-23,25-30,34-35H,5,9,13-19H2,1-4H3,(H,36,37)/b11-8+/t20-,22-,23-,25-,26+,27+,28?,29?,30-,32?,33-/m1/s1. The molecule has 4 heteroatoms. The van der Waals surface area contributed by atoms with E-state index in [1.54, 1.807) is 12.1 Å². The van der Waals surface area contributed by atoms with Crippen LogP contribution in [0.4, 0.5) is 0 Å². The molecule has 0 saturated heterocycles. The lowest BCUT2D eigenvalue weighted by atomic mass is 9.41. The topological polar surface area (TPSA) is 77.8 Å². The van der Waals surface area contributed by atoms with E-state index in [0.717, 1.165) is 37.7 Å². The molecule has 0 aromatic heterocycles. The van der Waals surface area contributed by atoms with Gasteiger partial charge in [-0.1, -0.05) is 64.5 Å². The van der Waals surface area contributed by atoms with Gasteiger partial charge in [-0.3, -0.25) is 0 Å². The van der Waals surface area contributed by atoms with Crippen molar-refractivity contribution in [2.45, 2.75) is 97.7 Å². The largest absolute Gasteiger partial charge is 0.478 e. The number of carboxylic acid groups (broad SMARTS) is 1. The number of aliphatic hydroxyl groups excluding tert-OH is 2. The van der Waals surface area contributed by atoms with Crippen LogP contribution in [-0.4, -0.2) is 33.5 Å².